The number of carbonyl (C=O) groups excluding carboxylic acids is 1. The predicted octanol–water partition coefficient (Wildman–Crippen LogP) is 3.95. The first-order valence-corrected chi connectivity index (χ1v) is 9.30. The standard InChI is InChI=1S/C20H22N2O3S/c1-22(2)18(16-9-11-26-14-16)12-21-20(23)19-15(8-10-24-19)13-25-17-6-4-3-5-7-17/h3-11,14,18H,12-13H2,1-2H3,(H,21,23). The van der Waals surface area contributed by atoms with Crippen LogP contribution in [0, 0.1) is 0 Å². The number of furan rings is 1. The third-order valence-electron chi connectivity index (χ3n) is 4.10. The van der Waals surface area contributed by atoms with Crippen LogP contribution in [-0.4, -0.2) is 31.4 Å². The second kappa shape index (κ2) is 8.69. The molecule has 0 aliphatic carbocycles. The topological polar surface area (TPSA) is 54.7 Å². The number of para-hydroxylation sites is 1. The first-order valence-electron chi connectivity index (χ1n) is 8.36. The average molecular weight is 370 g/mol. The van der Waals surface area contributed by atoms with E-state index in [2.05, 4.69) is 21.7 Å². The fourth-order valence-corrected chi connectivity index (χ4v) is 3.37. The van der Waals surface area contributed by atoms with Crippen molar-refractivity contribution in [2.24, 2.45) is 0 Å². The van der Waals surface area contributed by atoms with E-state index >= 15 is 0 Å². The highest BCUT2D eigenvalue weighted by atomic mass is 32.1. The first-order chi connectivity index (χ1) is 12.6. The molecule has 6 heteroatoms. The van der Waals surface area contributed by atoms with Crippen LogP contribution in [0.3, 0.4) is 0 Å². The first kappa shape index (κ1) is 18.2. The second-order valence-electron chi connectivity index (χ2n) is 6.12. The van der Waals surface area contributed by atoms with E-state index in [1.165, 1.54) is 11.8 Å². The number of hydrogen-bond donors (Lipinski definition) is 1. The van der Waals surface area contributed by atoms with Crippen molar-refractivity contribution in [2.75, 3.05) is 20.6 Å². The smallest absolute Gasteiger partial charge is 0.287 e. The Morgan fingerprint density at radius 3 is 2.73 bits per heavy atom. The molecule has 0 bridgehead atoms. The number of nitrogens with one attached hydrogen (secondary N) is 1. The van der Waals surface area contributed by atoms with Crippen molar-refractivity contribution < 1.29 is 13.9 Å². The Hall–Kier alpha value is -2.57. The SMILES string of the molecule is CN(C)C(CNC(=O)c1occc1COc1ccccc1)c1ccsc1. The minimum Gasteiger partial charge on any atom is -0.489 e. The molecular weight excluding hydrogens is 348 g/mol. The Morgan fingerprint density at radius 2 is 2.04 bits per heavy atom. The minimum atomic E-state index is -0.233. The maximum absolute atomic E-state index is 12.6. The molecular formula is C20H22N2O3S. The summed E-state index contributed by atoms with van der Waals surface area (Å²) in [7, 11) is 4.00. The molecule has 1 amide bonds. The maximum Gasteiger partial charge on any atom is 0.287 e. The molecule has 5 nitrogen and oxygen atoms in total. The largest absolute Gasteiger partial charge is 0.489 e. The molecule has 2 heterocycles. The zero-order valence-electron chi connectivity index (χ0n) is 14.8. The molecule has 0 spiro atoms. The molecule has 3 aromatic rings. The van der Waals surface area contributed by atoms with Crippen LogP contribution in [-0.2, 0) is 6.61 Å². The monoisotopic (exact) mass is 370 g/mol. The van der Waals surface area contributed by atoms with E-state index in [-0.39, 0.29) is 18.6 Å². The van der Waals surface area contributed by atoms with E-state index in [1.807, 2.05) is 49.8 Å². The fraction of sp³-hybridized carbons (Fsp3) is 0.250. The van der Waals surface area contributed by atoms with Crippen LogP contribution in [0.1, 0.15) is 27.7 Å². The quantitative estimate of drug-likeness (QED) is 0.652. The summed E-state index contributed by atoms with van der Waals surface area (Å²) in [5, 5.41) is 7.11. The average Bonchev–Trinajstić information content (AvgIpc) is 3.32. The Balaban J connectivity index is 1.61. The van der Waals surface area contributed by atoms with Crippen molar-refractivity contribution in [1.29, 1.82) is 0 Å². The lowest BCUT2D eigenvalue weighted by molar-refractivity contribution is 0.0910. The van der Waals surface area contributed by atoms with Gasteiger partial charge in [-0.2, -0.15) is 11.3 Å². The molecule has 136 valence electrons. The van der Waals surface area contributed by atoms with E-state index < -0.39 is 0 Å². The van der Waals surface area contributed by atoms with Crippen LogP contribution >= 0.6 is 11.3 Å². The third kappa shape index (κ3) is 4.53. The lowest BCUT2D eigenvalue weighted by Gasteiger charge is -2.23. The molecule has 1 unspecified atom stereocenters. The number of amides is 1. The van der Waals surface area contributed by atoms with Gasteiger partial charge in [-0.15, -0.1) is 0 Å². The molecule has 0 fully saturated rings. The minimum absolute atomic E-state index is 0.115. The number of likely N-dealkylation sites (N-methyl/N-ethyl adjacent to an activating group) is 1. The summed E-state index contributed by atoms with van der Waals surface area (Å²) in [4.78, 5) is 14.6. The van der Waals surface area contributed by atoms with E-state index in [0.717, 1.165) is 11.3 Å². The third-order valence-corrected chi connectivity index (χ3v) is 4.80. The highest BCUT2D eigenvalue weighted by Crippen LogP contribution is 2.21. The van der Waals surface area contributed by atoms with Gasteiger partial charge >= 0.3 is 0 Å². The van der Waals surface area contributed by atoms with Gasteiger partial charge < -0.3 is 19.4 Å². The van der Waals surface area contributed by atoms with Gasteiger partial charge in [0.25, 0.3) is 5.91 Å². The van der Waals surface area contributed by atoms with Crippen LogP contribution in [0.4, 0.5) is 0 Å². The van der Waals surface area contributed by atoms with Gasteiger partial charge in [-0.3, -0.25) is 4.79 Å². The molecule has 3 rings (SSSR count). The molecule has 2 aromatic heterocycles. The Kier molecular flexibility index (Phi) is 6.09. The van der Waals surface area contributed by atoms with Crippen LogP contribution in [0.5, 0.6) is 5.75 Å². The lowest BCUT2D eigenvalue weighted by Crippen LogP contribution is -2.34. The lowest BCUT2D eigenvalue weighted by atomic mass is 10.1. The van der Waals surface area contributed by atoms with Crippen molar-refractivity contribution in [2.45, 2.75) is 12.6 Å². The van der Waals surface area contributed by atoms with Gasteiger partial charge in [-0.1, -0.05) is 18.2 Å². The maximum atomic E-state index is 12.6. The van der Waals surface area contributed by atoms with Crippen LogP contribution in [0.2, 0.25) is 0 Å². The van der Waals surface area contributed by atoms with Gasteiger partial charge in [0.15, 0.2) is 5.76 Å². The fourth-order valence-electron chi connectivity index (χ4n) is 2.66. The van der Waals surface area contributed by atoms with Crippen molar-refractivity contribution >= 4 is 17.2 Å². The van der Waals surface area contributed by atoms with E-state index in [9.17, 15) is 4.79 Å². The molecule has 26 heavy (non-hydrogen) atoms. The zero-order chi connectivity index (χ0) is 18.4. The van der Waals surface area contributed by atoms with Crippen molar-refractivity contribution in [3.8, 4) is 5.75 Å². The van der Waals surface area contributed by atoms with Crippen molar-refractivity contribution in [3.63, 3.8) is 0 Å². The summed E-state index contributed by atoms with van der Waals surface area (Å²) in [6.45, 7) is 0.785. The Labute approximate surface area is 157 Å². The number of benzene rings is 1. The molecule has 0 saturated heterocycles. The predicted molar refractivity (Wildman–Crippen MR) is 103 cm³/mol. The van der Waals surface area contributed by atoms with E-state index in [4.69, 9.17) is 9.15 Å². The molecule has 0 saturated carbocycles. The highest BCUT2D eigenvalue weighted by Gasteiger charge is 2.20. The molecule has 0 aliphatic rings. The molecule has 1 N–H and O–H groups in total. The van der Waals surface area contributed by atoms with Gasteiger partial charge in [0.05, 0.1) is 12.3 Å². The Bertz CT molecular complexity index is 813. The zero-order valence-corrected chi connectivity index (χ0v) is 15.7. The Morgan fingerprint density at radius 1 is 1.23 bits per heavy atom. The summed E-state index contributed by atoms with van der Waals surface area (Å²) in [6.07, 6.45) is 1.51. The normalized spacial score (nSPS) is 12.1. The number of thiophene rings is 1. The summed E-state index contributed by atoms with van der Waals surface area (Å²) in [5.41, 5.74) is 1.91. The summed E-state index contributed by atoms with van der Waals surface area (Å²) in [6, 6.07) is 13.5. The van der Waals surface area contributed by atoms with Gasteiger partial charge in [0.2, 0.25) is 0 Å². The van der Waals surface area contributed by atoms with E-state index in [0.29, 0.717) is 12.3 Å². The summed E-state index contributed by atoms with van der Waals surface area (Å²) in [5.74, 6) is 0.817. The van der Waals surface area contributed by atoms with Crippen LogP contribution < -0.4 is 10.1 Å². The molecule has 1 aromatic carbocycles. The molecule has 0 aliphatic heterocycles. The number of hydrogen-bond acceptors (Lipinski definition) is 5. The van der Waals surface area contributed by atoms with E-state index in [1.54, 1.807) is 17.4 Å². The van der Waals surface area contributed by atoms with Gasteiger partial charge in [0.1, 0.15) is 12.4 Å². The van der Waals surface area contributed by atoms with Crippen molar-refractivity contribution in [1.82, 2.24) is 10.2 Å². The van der Waals surface area contributed by atoms with Gasteiger partial charge in [-0.25, -0.2) is 0 Å². The van der Waals surface area contributed by atoms with Crippen molar-refractivity contribution in [3.05, 3.63) is 76.4 Å². The number of nitrogens with zero attached hydrogens (tertiary/aromatic N) is 1. The molecule has 1 atom stereocenters. The van der Waals surface area contributed by atoms with Gasteiger partial charge in [-0.05, 0) is 54.7 Å². The number of ether oxygens (including phenoxy) is 1. The second-order valence-corrected chi connectivity index (χ2v) is 6.90. The van der Waals surface area contributed by atoms with Crippen LogP contribution in [0.15, 0.2) is 63.9 Å². The molecule has 0 radical (unpaired) electrons. The number of rotatable bonds is 8. The summed E-state index contributed by atoms with van der Waals surface area (Å²) < 4.78 is 11.1. The van der Waals surface area contributed by atoms with Crippen LogP contribution in [0.25, 0.3) is 0 Å². The van der Waals surface area contributed by atoms with Gasteiger partial charge in [0, 0.05) is 12.1 Å². The highest BCUT2D eigenvalue weighted by molar-refractivity contribution is 7.07. The summed E-state index contributed by atoms with van der Waals surface area (Å²) >= 11 is 1.65. The number of carbonyl (C=O) groups is 1.